The maximum atomic E-state index is 2.44. The molecule has 1 aromatic heterocycles. The van der Waals surface area contributed by atoms with Crippen molar-refractivity contribution in [1.82, 2.24) is 0 Å². The first kappa shape index (κ1) is 34.0. The van der Waals surface area contributed by atoms with Crippen LogP contribution in [0, 0.1) is 0 Å². The number of fused-ring (bicyclic) bond motifs is 6. The second-order valence-corrected chi connectivity index (χ2v) is 15.9. The first-order chi connectivity index (χ1) is 28.8. The Morgan fingerprint density at radius 3 is 1.47 bits per heavy atom. The van der Waals surface area contributed by atoms with E-state index in [4.69, 9.17) is 0 Å². The van der Waals surface area contributed by atoms with Gasteiger partial charge in [-0.2, -0.15) is 0 Å². The Hall–Kier alpha value is -7.26. The Balaban J connectivity index is 1.18. The molecule has 0 aliphatic carbocycles. The van der Waals surface area contributed by atoms with Crippen LogP contribution in [0.15, 0.2) is 224 Å². The third kappa shape index (κ3) is 5.86. The molecule has 0 N–H and O–H groups in total. The second-order valence-electron chi connectivity index (χ2n) is 14.8. The van der Waals surface area contributed by atoms with Gasteiger partial charge in [0.15, 0.2) is 0 Å². The van der Waals surface area contributed by atoms with Crippen molar-refractivity contribution in [2.24, 2.45) is 0 Å². The molecule has 11 rings (SSSR count). The quantitative estimate of drug-likeness (QED) is 0.146. The smallest absolute Gasteiger partial charge is 0.0468 e. The van der Waals surface area contributed by atoms with Gasteiger partial charge in [0.1, 0.15) is 0 Å². The van der Waals surface area contributed by atoms with Gasteiger partial charge in [-0.3, -0.25) is 0 Å². The fourth-order valence-electron chi connectivity index (χ4n) is 8.82. The fraction of sp³-hybridized carbons (Fsp3) is 0. The topological polar surface area (TPSA) is 3.24 Å². The molecule has 0 fully saturated rings. The first-order valence-electron chi connectivity index (χ1n) is 19.8. The molecule has 0 saturated carbocycles. The van der Waals surface area contributed by atoms with Gasteiger partial charge in [-0.15, -0.1) is 11.3 Å². The van der Waals surface area contributed by atoms with E-state index in [9.17, 15) is 0 Å². The molecule has 10 aromatic carbocycles. The summed E-state index contributed by atoms with van der Waals surface area (Å²) in [5, 5.41) is 7.58. The third-order valence-corrected chi connectivity index (χ3v) is 12.6. The van der Waals surface area contributed by atoms with E-state index in [1.165, 1.54) is 86.2 Å². The molecule has 58 heavy (non-hydrogen) atoms. The molecule has 272 valence electrons. The molecule has 0 aliphatic rings. The number of hydrogen-bond acceptors (Lipinski definition) is 2. The Kier molecular flexibility index (Phi) is 8.42. The fourth-order valence-corrected chi connectivity index (χ4v) is 10.1. The predicted molar refractivity (Wildman–Crippen MR) is 251 cm³/mol. The zero-order chi connectivity index (χ0) is 38.4. The lowest BCUT2D eigenvalue weighted by Crippen LogP contribution is -2.10. The Morgan fingerprint density at radius 2 is 0.759 bits per heavy atom. The zero-order valence-electron chi connectivity index (χ0n) is 31.7. The molecule has 0 spiro atoms. The second kappa shape index (κ2) is 14.4. The van der Waals surface area contributed by atoms with Gasteiger partial charge in [0, 0.05) is 37.2 Å². The van der Waals surface area contributed by atoms with E-state index in [1.807, 2.05) is 11.3 Å². The molecule has 0 aliphatic heterocycles. The molecular formula is C56H37NS. The zero-order valence-corrected chi connectivity index (χ0v) is 32.5. The highest BCUT2D eigenvalue weighted by molar-refractivity contribution is 7.26. The minimum atomic E-state index is 1.10. The van der Waals surface area contributed by atoms with Crippen LogP contribution in [0.1, 0.15) is 0 Å². The van der Waals surface area contributed by atoms with E-state index in [0.717, 1.165) is 17.1 Å². The summed E-state index contributed by atoms with van der Waals surface area (Å²) in [6.07, 6.45) is 0. The van der Waals surface area contributed by atoms with Crippen LogP contribution in [0.25, 0.3) is 86.2 Å². The summed E-state index contributed by atoms with van der Waals surface area (Å²) in [6.45, 7) is 0. The molecule has 0 saturated heterocycles. The summed E-state index contributed by atoms with van der Waals surface area (Å²) < 4.78 is 2.63. The van der Waals surface area contributed by atoms with Crippen molar-refractivity contribution in [2.75, 3.05) is 4.90 Å². The summed E-state index contributed by atoms with van der Waals surface area (Å²) in [5.41, 5.74) is 13.0. The van der Waals surface area contributed by atoms with Gasteiger partial charge in [0.25, 0.3) is 0 Å². The molecule has 0 amide bonds. The van der Waals surface area contributed by atoms with Crippen molar-refractivity contribution in [3.63, 3.8) is 0 Å². The molecule has 0 atom stereocenters. The van der Waals surface area contributed by atoms with Gasteiger partial charge in [-0.25, -0.2) is 0 Å². The molecule has 0 bridgehead atoms. The van der Waals surface area contributed by atoms with Crippen molar-refractivity contribution in [3.8, 4) is 44.5 Å². The molecule has 2 heteroatoms. The van der Waals surface area contributed by atoms with Crippen LogP contribution in [-0.4, -0.2) is 0 Å². The van der Waals surface area contributed by atoms with Gasteiger partial charge < -0.3 is 4.90 Å². The van der Waals surface area contributed by atoms with Gasteiger partial charge in [-0.1, -0.05) is 182 Å². The minimum Gasteiger partial charge on any atom is -0.310 e. The van der Waals surface area contributed by atoms with Crippen LogP contribution in [0.4, 0.5) is 17.1 Å². The van der Waals surface area contributed by atoms with E-state index >= 15 is 0 Å². The standard InChI is InChI=1S/C56H37NS/c1-4-17-38(18-5-1)41-23-14-25-43(35-41)57(44-26-15-24-42(36-44)46-30-16-31-51-49-28-12-13-32-53(49)58-56(46)51)45-33-34-48-47-27-10-11-29-50(47)54(39-19-6-2-7-20-39)55(52(48)37-45)40-21-8-3-9-22-40/h1-37H. The Morgan fingerprint density at radius 1 is 0.276 bits per heavy atom. The third-order valence-electron chi connectivity index (χ3n) is 11.4. The SMILES string of the molecule is c1ccc(-c2cccc(N(c3cccc(-c4cccc5c4sc4ccccc45)c3)c3ccc4c(c3)c(-c3ccccc3)c(-c3ccccc3)c3ccccc34)c2)cc1. The van der Waals surface area contributed by atoms with Crippen molar-refractivity contribution in [1.29, 1.82) is 0 Å². The lowest BCUT2D eigenvalue weighted by molar-refractivity contribution is 1.29. The van der Waals surface area contributed by atoms with Gasteiger partial charge in [-0.05, 0) is 109 Å². The summed E-state index contributed by atoms with van der Waals surface area (Å²) >= 11 is 1.88. The Labute approximate surface area is 342 Å². The van der Waals surface area contributed by atoms with E-state index in [1.54, 1.807) is 0 Å². The van der Waals surface area contributed by atoms with Crippen LogP contribution < -0.4 is 4.90 Å². The molecule has 0 radical (unpaired) electrons. The van der Waals surface area contributed by atoms with Gasteiger partial charge in [0.2, 0.25) is 0 Å². The predicted octanol–water partition coefficient (Wildman–Crippen LogP) is 16.5. The molecule has 0 unspecified atom stereocenters. The van der Waals surface area contributed by atoms with Crippen molar-refractivity contribution >= 4 is 70.1 Å². The number of anilines is 3. The van der Waals surface area contributed by atoms with E-state index in [-0.39, 0.29) is 0 Å². The number of nitrogens with zero attached hydrogens (tertiary/aromatic N) is 1. The molecule has 11 aromatic rings. The largest absolute Gasteiger partial charge is 0.310 e. The molecule has 1 heterocycles. The van der Waals surface area contributed by atoms with E-state index in [0.29, 0.717) is 0 Å². The average molecular weight is 756 g/mol. The number of benzene rings is 10. The summed E-state index contributed by atoms with van der Waals surface area (Å²) in [6, 6.07) is 82.0. The summed E-state index contributed by atoms with van der Waals surface area (Å²) in [4.78, 5) is 2.44. The highest BCUT2D eigenvalue weighted by Crippen LogP contribution is 2.48. The van der Waals surface area contributed by atoms with Gasteiger partial charge >= 0.3 is 0 Å². The van der Waals surface area contributed by atoms with Crippen LogP contribution in [0.5, 0.6) is 0 Å². The molecule has 1 nitrogen and oxygen atoms in total. The van der Waals surface area contributed by atoms with Gasteiger partial charge in [0.05, 0.1) is 0 Å². The first-order valence-corrected chi connectivity index (χ1v) is 20.7. The van der Waals surface area contributed by atoms with Crippen LogP contribution >= 0.6 is 11.3 Å². The van der Waals surface area contributed by atoms with Crippen LogP contribution in [0.2, 0.25) is 0 Å². The lowest BCUT2D eigenvalue weighted by atomic mass is 9.85. The maximum absolute atomic E-state index is 2.44. The highest BCUT2D eigenvalue weighted by atomic mass is 32.1. The van der Waals surface area contributed by atoms with Crippen molar-refractivity contribution in [2.45, 2.75) is 0 Å². The van der Waals surface area contributed by atoms with Crippen molar-refractivity contribution in [3.05, 3.63) is 224 Å². The maximum Gasteiger partial charge on any atom is 0.0468 e. The monoisotopic (exact) mass is 755 g/mol. The highest BCUT2D eigenvalue weighted by Gasteiger charge is 2.21. The van der Waals surface area contributed by atoms with Crippen molar-refractivity contribution < 1.29 is 0 Å². The number of thiophene rings is 1. The average Bonchev–Trinajstić information content (AvgIpc) is 3.69. The normalized spacial score (nSPS) is 11.4. The molecular weight excluding hydrogens is 719 g/mol. The van der Waals surface area contributed by atoms with E-state index in [2.05, 4.69) is 229 Å². The number of hydrogen-bond donors (Lipinski definition) is 0. The van der Waals surface area contributed by atoms with E-state index < -0.39 is 0 Å². The lowest BCUT2D eigenvalue weighted by Gasteiger charge is -2.28. The number of rotatable bonds is 7. The van der Waals surface area contributed by atoms with Crippen LogP contribution in [0.3, 0.4) is 0 Å². The summed E-state index contributed by atoms with van der Waals surface area (Å²) in [5.74, 6) is 0. The minimum absolute atomic E-state index is 1.10. The van der Waals surface area contributed by atoms with Crippen LogP contribution in [-0.2, 0) is 0 Å². The Bertz CT molecular complexity index is 3270. The summed E-state index contributed by atoms with van der Waals surface area (Å²) in [7, 11) is 0.